The van der Waals surface area contributed by atoms with Gasteiger partial charge in [-0.2, -0.15) is 9.78 Å². The maximum absolute atomic E-state index is 5.67. The van der Waals surface area contributed by atoms with E-state index in [0.29, 0.717) is 12.4 Å². The third-order valence-electron chi connectivity index (χ3n) is 2.89. The molecule has 0 radical (unpaired) electrons. The smallest absolute Gasteiger partial charge is 0.211 e. The molecule has 0 amide bonds. The van der Waals surface area contributed by atoms with Gasteiger partial charge in [0.25, 0.3) is 0 Å². The maximum atomic E-state index is 5.67. The van der Waals surface area contributed by atoms with Gasteiger partial charge in [-0.15, -0.1) is 10.2 Å². The molecule has 0 saturated carbocycles. The van der Waals surface area contributed by atoms with E-state index in [0.717, 1.165) is 22.4 Å². The topological polar surface area (TPSA) is 65.4 Å². The molecule has 0 aliphatic rings. The van der Waals surface area contributed by atoms with Crippen LogP contribution in [0.5, 0.6) is 5.75 Å². The van der Waals surface area contributed by atoms with E-state index < -0.39 is 0 Å². The van der Waals surface area contributed by atoms with Crippen molar-refractivity contribution in [2.24, 2.45) is 5.10 Å². The number of furan rings is 1. The summed E-state index contributed by atoms with van der Waals surface area (Å²) in [5.74, 6) is 3.11. The molecule has 0 fully saturated rings. The minimum atomic E-state index is 0.376. The van der Waals surface area contributed by atoms with Gasteiger partial charge in [-0.25, -0.2) is 0 Å². The summed E-state index contributed by atoms with van der Waals surface area (Å²) >= 11 is 1.58. The van der Waals surface area contributed by atoms with Crippen molar-refractivity contribution >= 4 is 18.0 Å². The van der Waals surface area contributed by atoms with Crippen molar-refractivity contribution in [3.05, 3.63) is 60.3 Å². The van der Waals surface area contributed by atoms with Gasteiger partial charge in [0.1, 0.15) is 30.2 Å². The van der Waals surface area contributed by atoms with E-state index in [1.807, 2.05) is 42.5 Å². The zero-order valence-electron chi connectivity index (χ0n) is 12.6. The summed E-state index contributed by atoms with van der Waals surface area (Å²) in [5, 5.41) is 12.9. The first-order valence-corrected chi connectivity index (χ1v) is 8.17. The second kappa shape index (κ2) is 7.64. The van der Waals surface area contributed by atoms with Crippen LogP contribution < -0.4 is 4.74 Å². The molecule has 0 atom stereocenters. The quantitative estimate of drug-likeness (QED) is 0.491. The molecule has 23 heavy (non-hydrogen) atoms. The fourth-order valence-electron chi connectivity index (χ4n) is 1.85. The summed E-state index contributed by atoms with van der Waals surface area (Å²) in [6, 6.07) is 13.3. The van der Waals surface area contributed by atoms with Gasteiger partial charge in [0.15, 0.2) is 0 Å². The van der Waals surface area contributed by atoms with Crippen molar-refractivity contribution in [3.63, 3.8) is 0 Å². The second-order valence-electron chi connectivity index (χ2n) is 4.54. The molecule has 1 aromatic carbocycles. The normalized spacial score (nSPS) is 11.2. The van der Waals surface area contributed by atoms with Crippen molar-refractivity contribution in [2.75, 3.05) is 5.75 Å². The average molecular weight is 328 g/mol. The molecule has 0 aliphatic carbocycles. The predicted molar refractivity (Wildman–Crippen MR) is 88.9 cm³/mol. The van der Waals surface area contributed by atoms with E-state index >= 15 is 0 Å². The Kier molecular flexibility index (Phi) is 5.10. The van der Waals surface area contributed by atoms with E-state index in [9.17, 15) is 0 Å². The standard InChI is InChI=1S/C16H16N4O2S/c1-2-23-16-19-17-12-20(16)18-10-14-8-9-15(22-14)11-21-13-6-4-3-5-7-13/h3-10,12H,2,11H2,1H3/b18-10+. The van der Waals surface area contributed by atoms with Crippen LogP contribution in [0.15, 0.2) is 63.5 Å². The number of benzene rings is 1. The summed E-state index contributed by atoms with van der Waals surface area (Å²) < 4.78 is 12.9. The first-order chi connectivity index (χ1) is 11.3. The van der Waals surface area contributed by atoms with Crippen LogP contribution in [0.4, 0.5) is 0 Å². The van der Waals surface area contributed by atoms with Gasteiger partial charge in [-0.05, 0) is 30.0 Å². The van der Waals surface area contributed by atoms with Gasteiger partial charge >= 0.3 is 0 Å². The highest BCUT2D eigenvalue weighted by Gasteiger charge is 2.04. The Morgan fingerprint density at radius 2 is 2.13 bits per heavy atom. The van der Waals surface area contributed by atoms with Crippen LogP contribution >= 0.6 is 11.8 Å². The van der Waals surface area contributed by atoms with Crippen molar-refractivity contribution < 1.29 is 9.15 Å². The summed E-state index contributed by atoms with van der Waals surface area (Å²) in [6.07, 6.45) is 3.20. The predicted octanol–water partition coefficient (Wildman–Crippen LogP) is 3.44. The van der Waals surface area contributed by atoms with Crippen LogP contribution in [0.2, 0.25) is 0 Å². The average Bonchev–Trinajstić information content (AvgIpc) is 3.21. The molecule has 0 saturated heterocycles. The monoisotopic (exact) mass is 328 g/mol. The molecule has 0 N–H and O–H groups in total. The zero-order valence-corrected chi connectivity index (χ0v) is 13.4. The lowest BCUT2D eigenvalue weighted by atomic mass is 10.3. The van der Waals surface area contributed by atoms with E-state index in [2.05, 4.69) is 22.2 Å². The molecule has 3 rings (SSSR count). The highest BCUT2D eigenvalue weighted by atomic mass is 32.2. The van der Waals surface area contributed by atoms with Crippen molar-refractivity contribution in [3.8, 4) is 5.75 Å². The van der Waals surface area contributed by atoms with Crippen LogP contribution in [-0.4, -0.2) is 26.8 Å². The Hall–Kier alpha value is -2.54. The highest BCUT2D eigenvalue weighted by molar-refractivity contribution is 7.99. The molecule has 118 valence electrons. The zero-order chi connectivity index (χ0) is 15.9. The minimum Gasteiger partial charge on any atom is -0.486 e. The fraction of sp³-hybridized carbons (Fsp3) is 0.188. The largest absolute Gasteiger partial charge is 0.486 e. The number of rotatable bonds is 7. The van der Waals surface area contributed by atoms with Gasteiger partial charge < -0.3 is 9.15 Å². The van der Waals surface area contributed by atoms with Gasteiger partial charge in [0.05, 0.1) is 6.21 Å². The lowest BCUT2D eigenvalue weighted by molar-refractivity contribution is 0.270. The van der Waals surface area contributed by atoms with Crippen LogP contribution in [0.3, 0.4) is 0 Å². The molecule has 3 aromatic rings. The second-order valence-corrected chi connectivity index (χ2v) is 5.77. The van der Waals surface area contributed by atoms with E-state index in [1.165, 1.54) is 0 Å². The Labute approximate surface area is 138 Å². The van der Waals surface area contributed by atoms with Crippen LogP contribution in [0.1, 0.15) is 18.4 Å². The SMILES string of the molecule is CCSc1nncn1/N=C/c1ccc(COc2ccccc2)o1. The molecule has 0 unspecified atom stereocenters. The van der Waals surface area contributed by atoms with Crippen molar-refractivity contribution in [1.82, 2.24) is 14.9 Å². The molecule has 7 heteroatoms. The number of nitrogens with zero attached hydrogens (tertiary/aromatic N) is 4. The lowest BCUT2D eigenvalue weighted by Crippen LogP contribution is -1.93. The minimum absolute atomic E-state index is 0.376. The molecular formula is C16H16N4O2S. The maximum Gasteiger partial charge on any atom is 0.211 e. The lowest BCUT2D eigenvalue weighted by Gasteiger charge is -2.02. The van der Waals surface area contributed by atoms with Crippen LogP contribution in [-0.2, 0) is 6.61 Å². The van der Waals surface area contributed by atoms with Crippen molar-refractivity contribution in [1.29, 1.82) is 0 Å². The van der Waals surface area contributed by atoms with Gasteiger partial charge in [-0.3, -0.25) is 0 Å². The number of ether oxygens (including phenoxy) is 1. The van der Waals surface area contributed by atoms with Crippen molar-refractivity contribution in [2.45, 2.75) is 18.7 Å². The summed E-state index contributed by atoms with van der Waals surface area (Å²) in [7, 11) is 0. The highest BCUT2D eigenvalue weighted by Crippen LogP contribution is 2.15. The first kappa shape index (κ1) is 15.4. The van der Waals surface area contributed by atoms with E-state index in [4.69, 9.17) is 9.15 Å². The van der Waals surface area contributed by atoms with Gasteiger partial charge in [-0.1, -0.05) is 36.9 Å². The van der Waals surface area contributed by atoms with E-state index in [-0.39, 0.29) is 0 Å². The Balaban J connectivity index is 1.60. The van der Waals surface area contributed by atoms with Crippen LogP contribution in [0.25, 0.3) is 0 Å². The number of hydrogen-bond donors (Lipinski definition) is 0. The number of hydrogen-bond acceptors (Lipinski definition) is 6. The third-order valence-corrected chi connectivity index (χ3v) is 3.71. The molecule has 0 spiro atoms. The summed E-state index contributed by atoms with van der Waals surface area (Å²) in [5.41, 5.74) is 0. The number of aromatic nitrogens is 3. The van der Waals surface area contributed by atoms with E-state index in [1.54, 1.807) is 29.0 Å². The Morgan fingerprint density at radius 3 is 2.96 bits per heavy atom. The summed E-state index contributed by atoms with van der Waals surface area (Å²) in [4.78, 5) is 0. The molecule has 6 nitrogen and oxygen atoms in total. The van der Waals surface area contributed by atoms with Gasteiger partial charge in [0, 0.05) is 0 Å². The molecule has 0 bridgehead atoms. The number of para-hydroxylation sites is 1. The Morgan fingerprint density at radius 1 is 1.26 bits per heavy atom. The summed E-state index contributed by atoms with van der Waals surface area (Å²) in [6.45, 7) is 2.43. The molecule has 0 aliphatic heterocycles. The molecule has 2 aromatic heterocycles. The first-order valence-electron chi connectivity index (χ1n) is 7.19. The van der Waals surface area contributed by atoms with Crippen LogP contribution in [0, 0.1) is 0 Å². The van der Waals surface area contributed by atoms with Gasteiger partial charge in [0.2, 0.25) is 5.16 Å². The third kappa shape index (κ3) is 4.23. The fourth-order valence-corrected chi connectivity index (χ4v) is 2.44. The number of thioether (sulfide) groups is 1. The molecular weight excluding hydrogens is 312 g/mol. The molecule has 2 heterocycles. The Bertz CT molecular complexity index is 767.